The van der Waals surface area contributed by atoms with E-state index in [1.165, 1.54) is 16.3 Å². The fraction of sp³-hybridized carbons (Fsp3) is 0.423. The Morgan fingerprint density at radius 3 is 2.60 bits per heavy atom. The minimum Gasteiger partial charge on any atom is -0.339 e. The third kappa shape index (κ3) is 5.50. The van der Waals surface area contributed by atoms with Gasteiger partial charge in [-0.3, -0.25) is 4.79 Å². The van der Waals surface area contributed by atoms with Crippen LogP contribution in [-0.4, -0.2) is 55.5 Å². The van der Waals surface area contributed by atoms with Gasteiger partial charge >= 0.3 is 0 Å². The van der Waals surface area contributed by atoms with E-state index in [-0.39, 0.29) is 11.9 Å². The summed E-state index contributed by atoms with van der Waals surface area (Å²) >= 11 is 0. The number of hydrogen-bond donors (Lipinski definition) is 1. The molecule has 158 valence electrons. The molecular formula is C26H33N3O. The fourth-order valence-electron chi connectivity index (χ4n) is 3.78. The molecule has 0 radical (unpaired) electrons. The van der Waals surface area contributed by atoms with Crippen LogP contribution in [0, 0.1) is 17.3 Å². The van der Waals surface area contributed by atoms with Crippen molar-refractivity contribution in [2.24, 2.45) is 5.41 Å². The van der Waals surface area contributed by atoms with Crippen LogP contribution in [0.5, 0.6) is 0 Å². The van der Waals surface area contributed by atoms with E-state index in [0.717, 1.165) is 32.7 Å². The maximum absolute atomic E-state index is 12.8. The van der Waals surface area contributed by atoms with Crippen LogP contribution in [0.4, 0.5) is 0 Å². The highest BCUT2D eigenvalue weighted by molar-refractivity contribution is 5.86. The number of benzene rings is 2. The Balaban J connectivity index is 1.52. The smallest absolute Gasteiger partial charge is 0.240 e. The molecule has 2 aromatic carbocycles. The van der Waals surface area contributed by atoms with E-state index in [4.69, 9.17) is 0 Å². The second kappa shape index (κ2) is 9.93. The maximum atomic E-state index is 12.8. The number of hydrogen-bond acceptors (Lipinski definition) is 3. The monoisotopic (exact) mass is 403 g/mol. The number of rotatable bonds is 5. The molecule has 4 heteroatoms. The maximum Gasteiger partial charge on any atom is 0.240 e. The van der Waals surface area contributed by atoms with Crippen molar-refractivity contribution in [2.75, 3.05) is 39.8 Å². The first-order chi connectivity index (χ1) is 14.4. The summed E-state index contributed by atoms with van der Waals surface area (Å²) < 4.78 is 0. The SMILES string of the molecule is C[C@@H](NCC=CC#CC(C)(C)C(=O)N1CCN(C)CC1)c1cccc2ccccc12. The molecule has 1 aliphatic heterocycles. The summed E-state index contributed by atoms with van der Waals surface area (Å²) in [6.07, 6.45) is 3.87. The number of nitrogens with one attached hydrogen (secondary N) is 1. The molecule has 1 aliphatic rings. The Labute approximate surface area is 180 Å². The fourth-order valence-corrected chi connectivity index (χ4v) is 3.78. The predicted octanol–water partition coefficient (Wildman–Crippen LogP) is 3.85. The molecule has 1 atom stereocenters. The highest BCUT2D eigenvalue weighted by atomic mass is 16.2. The average Bonchev–Trinajstić information content (AvgIpc) is 2.75. The molecule has 1 heterocycles. The average molecular weight is 404 g/mol. The summed E-state index contributed by atoms with van der Waals surface area (Å²) in [7, 11) is 2.09. The number of piperazine rings is 1. The van der Waals surface area contributed by atoms with Gasteiger partial charge in [0.25, 0.3) is 0 Å². The summed E-state index contributed by atoms with van der Waals surface area (Å²) in [6, 6.07) is 15.1. The van der Waals surface area contributed by atoms with Gasteiger partial charge in [-0.05, 0) is 50.2 Å². The molecule has 2 aromatic rings. The number of carbonyl (C=O) groups excluding carboxylic acids is 1. The Hall–Kier alpha value is -2.61. The molecule has 1 fully saturated rings. The van der Waals surface area contributed by atoms with Gasteiger partial charge in [0.05, 0.1) is 0 Å². The molecule has 30 heavy (non-hydrogen) atoms. The minimum atomic E-state index is -0.663. The van der Waals surface area contributed by atoms with Crippen LogP contribution in [0.15, 0.2) is 54.6 Å². The molecule has 0 bridgehead atoms. The lowest BCUT2D eigenvalue weighted by molar-refractivity contribution is -0.139. The molecule has 1 saturated heterocycles. The van der Waals surface area contributed by atoms with Crippen molar-refractivity contribution in [3.05, 3.63) is 60.2 Å². The van der Waals surface area contributed by atoms with Gasteiger partial charge in [-0.1, -0.05) is 60.4 Å². The number of carbonyl (C=O) groups is 1. The van der Waals surface area contributed by atoms with Crippen molar-refractivity contribution in [3.8, 4) is 11.8 Å². The van der Waals surface area contributed by atoms with Gasteiger partial charge in [0.1, 0.15) is 5.41 Å². The summed E-state index contributed by atoms with van der Waals surface area (Å²) in [5, 5.41) is 6.08. The Kier molecular flexibility index (Phi) is 7.31. The summed E-state index contributed by atoms with van der Waals surface area (Å²) in [5.74, 6) is 6.34. The number of fused-ring (bicyclic) bond motifs is 1. The first-order valence-corrected chi connectivity index (χ1v) is 10.7. The summed E-state index contributed by atoms with van der Waals surface area (Å²) in [6.45, 7) is 10.2. The normalized spacial score (nSPS) is 16.5. The van der Waals surface area contributed by atoms with Gasteiger partial charge < -0.3 is 15.1 Å². The van der Waals surface area contributed by atoms with Crippen LogP contribution in [0.2, 0.25) is 0 Å². The first kappa shape index (κ1) is 22.1. The molecule has 0 unspecified atom stereocenters. The summed E-state index contributed by atoms with van der Waals surface area (Å²) in [4.78, 5) is 17.0. The van der Waals surface area contributed by atoms with Gasteiger partial charge in [0.2, 0.25) is 5.91 Å². The van der Waals surface area contributed by atoms with Crippen LogP contribution in [0.1, 0.15) is 32.4 Å². The van der Waals surface area contributed by atoms with Crippen molar-refractivity contribution < 1.29 is 4.79 Å². The molecule has 0 aromatic heterocycles. The van der Waals surface area contributed by atoms with Gasteiger partial charge in [-0.2, -0.15) is 0 Å². The van der Waals surface area contributed by atoms with Gasteiger partial charge in [0.15, 0.2) is 0 Å². The van der Waals surface area contributed by atoms with Crippen LogP contribution in [0.3, 0.4) is 0 Å². The molecule has 0 spiro atoms. The Morgan fingerprint density at radius 2 is 1.83 bits per heavy atom. The molecule has 4 nitrogen and oxygen atoms in total. The third-order valence-corrected chi connectivity index (χ3v) is 5.74. The molecule has 0 saturated carbocycles. The van der Waals surface area contributed by atoms with Crippen LogP contribution < -0.4 is 5.32 Å². The highest BCUT2D eigenvalue weighted by Crippen LogP contribution is 2.24. The Morgan fingerprint density at radius 1 is 1.13 bits per heavy atom. The van der Waals surface area contributed by atoms with E-state index in [1.54, 1.807) is 0 Å². The third-order valence-electron chi connectivity index (χ3n) is 5.74. The zero-order valence-corrected chi connectivity index (χ0v) is 18.6. The number of allylic oxidation sites excluding steroid dienone is 1. The quantitative estimate of drug-likeness (QED) is 0.771. The molecular weight excluding hydrogens is 370 g/mol. The molecule has 1 N–H and O–H groups in total. The number of likely N-dealkylation sites (N-methyl/N-ethyl adjacent to an activating group) is 1. The van der Waals surface area contributed by atoms with E-state index in [2.05, 4.69) is 78.5 Å². The standard InChI is InChI=1S/C26H33N3O/c1-21(23-14-10-12-22-11-6-7-13-24(22)23)27-16-9-5-8-15-26(2,3)25(30)29-19-17-28(4)18-20-29/h5-7,9-14,21,27H,16-20H2,1-4H3/t21-/m1/s1. The van der Waals surface area contributed by atoms with E-state index >= 15 is 0 Å². The van der Waals surface area contributed by atoms with E-state index in [9.17, 15) is 4.79 Å². The lowest BCUT2D eigenvalue weighted by Gasteiger charge is -2.35. The van der Waals surface area contributed by atoms with Crippen LogP contribution >= 0.6 is 0 Å². The predicted molar refractivity (Wildman–Crippen MR) is 125 cm³/mol. The van der Waals surface area contributed by atoms with Crippen molar-refractivity contribution in [1.29, 1.82) is 0 Å². The Bertz CT molecular complexity index is 954. The van der Waals surface area contributed by atoms with Crippen molar-refractivity contribution in [2.45, 2.75) is 26.8 Å². The van der Waals surface area contributed by atoms with Gasteiger partial charge in [-0.15, -0.1) is 0 Å². The van der Waals surface area contributed by atoms with Crippen LogP contribution in [0.25, 0.3) is 10.8 Å². The molecule has 3 rings (SSSR count). The second-order valence-corrected chi connectivity index (χ2v) is 8.59. The largest absolute Gasteiger partial charge is 0.339 e. The number of amides is 1. The zero-order chi connectivity index (χ0) is 21.6. The lowest BCUT2D eigenvalue weighted by atomic mass is 9.92. The van der Waals surface area contributed by atoms with Gasteiger partial charge in [-0.25, -0.2) is 0 Å². The topological polar surface area (TPSA) is 35.6 Å². The lowest BCUT2D eigenvalue weighted by Crippen LogP contribution is -2.50. The minimum absolute atomic E-state index is 0.124. The summed E-state index contributed by atoms with van der Waals surface area (Å²) in [5.41, 5.74) is 0.635. The first-order valence-electron chi connectivity index (χ1n) is 10.7. The van der Waals surface area contributed by atoms with E-state index in [0.29, 0.717) is 0 Å². The van der Waals surface area contributed by atoms with Gasteiger partial charge in [0, 0.05) is 38.8 Å². The van der Waals surface area contributed by atoms with E-state index < -0.39 is 5.41 Å². The highest BCUT2D eigenvalue weighted by Gasteiger charge is 2.31. The molecule has 1 amide bonds. The second-order valence-electron chi connectivity index (χ2n) is 8.59. The van der Waals surface area contributed by atoms with Crippen molar-refractivity contribution in [1.82, 2.24) is 15.1 Å². The van der Waals surface area contributed by atoms with Crippen LogP contribution in [-0.2, 0) is 4.79 Å². The van der Waals surface area contributed by atoms with Crippen molar-refractivity contribution in [3.63, 3.8) is 0 Å². The van der Waals surface area contributed by atoms with Crippen molar-refractivity contribution >= 4 is 16.7 Å². The molecule has 0 aliphatic carbocycles. The van der Waals surface area contributed by atoms with E-state index in [1.807, 2.05) is 30.9 Å². The zero-order valence-electron chi connectivity index (χ0n) is 18.6. The number of nitrogens with zero attached hydrogens (tertiary/aromatic N) is 2.